The van der Waals surface area contributed by atoms with E-state index in [4.69, 9.17) is 0 Å². The van der Waals surface area contributed by atoms with Gasteiger partial charge in [-0.1, -0.05) is 49.1 Å². The molecule has 0 saturated heterocycles. The molecule has 0 amide bonds. The third kappa shape index (κ3) is 4.30. The van der Waals surface area contributed by atoms with Gasteiger partial charge in [0.2, 0.25) is 0 Å². The number of hydrogen-bond donors (Lipinski definition) is 1. The Bertz CT molecular complexity index is 558. The van der Waals surface area contributed by atoms with E-state index in [0.717, 1.165) is 48.9 Å². The maximum atomic E-state index is 12.8. The van der Waals surface area contributed by atoms with Crippen LogP contribution < -0.4 is 5.32 Å². The molecule has 1 aliphatic carbocycles. The Morgan fingerprint density at radius 2 is 1.71 bits per heavy atom. The molecule has 1 aliphatic rings. The van der Waals surface area contributed by atoms with Gasteiger partial charge in [0.25, 0.3) is 0 Å². The molecule has 2 unspecified atom stereocenters. The Labute approximate surface area is 129 Å². The number of aryl methyl sites for hydroxylation is 2. The predicted molar refractivity (Wildman–Crippen MR) is 88.3 cm³/mol. The first-order valence-corrected chi connectivity index (χ1v) is 9.66. The Hall–Kier alpha value is -0.870. The zero-order valence-corrected chi connectivity index (χ0v) is 14.2. The van der Waals surface area contributed by atoms with Crippen molar-refractivity contribution >= 4 is 9.84 Å². The summed E-state index contributed by atoms with van der Waals surface area (Å²) in [5, 5.41) is 3.14. The standard InChI is InChI=1S/C17H27NO2S/c1-4-18-16-7-5-6-8-17(16)21(19,20)12-15-10-13(2)9-14(3)11-15/h9-11,16-18H,4-8,12H2,1-3H3. The van der Waals surface area contributed by atoms with Crippen molar-refractivity contribution in [3.05, 3.63) is 34.9 Å². The molecular formula is C17H27NO2S. The summed E-state index contributed by atoms with van der Waals surface area (Å²) >= 11 is 0. The van der Waals surface area contributed by atoms with Crippen LogP contribution in [0.25, 0.3) is 0 Å². The van der Waals surface area contributed by atoms with Crippen molar-refractivity contribution in [1.29, 1.82) is 0 Å². The molecular weight excluding hydrogens is 282 g/mol. The molecule has 2 rings (SSSR count). The van der Waals surface area contributed by atoms with Crippen LogP contribution >= 0.6 is 0 Å². The molecule has 1 aromatic carbocycles. The van der Waals surface area contributed by atoms with Crippen LogP contribution in [0.4, 0.5) is 0 Å². The molecule has 4 heteroatoms. The summed E-state index contributed by atoms with van der Waals surface area (Å²) < 4.78 is 25.6. The molecule has 0 aliphatic heterocycles. The molecule has 1 N–H and O–H groups in total. The van der Waals surface area contributed by atoms with E-state index in [1.54, 1.807) is 0 Å². The molecule has 2 atom stereocenters. The molecule has 21 heavy (non-hydrogen) atoms. The van der Waals surface area contributed by atoms with Gasteiger partial charge < -0.3 is 5.32 Å². The summed E-state index contributed by atoms with van der Waals surface area (Å²) in [5.41, 5.74) is 3.19. The van der Waals surface area contributed by atoms with E-state index in [9.17, 15) is 8.42 Å². The van der Waals surface area contributed by atoms with Gasteiger partial charge in [-0.2, -0.15) is 0 Å². The number of rotatable bonds is 5. The van der Waals surface area contributed by atoms with Crippen LogP contribution in [0.2, 0.25) is 0 Å². The SMILES string of the molecule is CCNC1CCCCC1S(=O)(=O)Cc1cc(C)cc(C)c1. The molecule has 118 valence electrons. The molecule has 1 aromatic rings. The number of sulfone groups is 1. The molecule has 3 nitrogen and oxygen atoms in total. The maximum Gasteiger partial charge on any atom is 0.158 e. The van der Waals surface area contributed by atoms with Crippen molar-refractivity contribution in [3.63, 3.8) is 0 Å². The van der Waals surface area contributed by atoms with E-state index in [1.165, 1.54) is 0 Å². The zero-order chi connectivity index (χ0) is 15.5. The minimum absolute atomic E-state index is 0.125. The van der Waals surface area contributed by atoms with E-state index < -0.39 is 9.84 Å². The second-order valence-corrected chi connectivity index (χ2v) is 8.51. The third-order valence-corrected chi connectivity index (χ3v) is 6.50. The van der Waals surface area contributed by atoms with Crippen LogP contribution in [0.15, 0.2) is 18.2 Å². The number of nitrogens with one attached hydrogen (secondary N) is 1. The monoisotopic (exact) mass is 309 g/mol. The summed E-state index contributed by atoms with van der Waals surface area (Å²) in [4.78, 5) is 0. The van der Waals surface area contributed by atoms with Crippen molar-refractivity contribution in [2.45, 2.75) is 63.5 Å². The van der Waals surface area contributed by atoms with Gasteiger partial charge in [0.1, 0.15) is 0 Å². The maximum absolute atomic E-state index is 12.8. The number of hydrogen-bond acceptors (Lipinski definition) is 3. The average Bonchev–Trinajstić information content (AvgIpc) is 2.37. The Morgan fingerprint density at radius 3 is 2.33 bits per heavy atom. The molecule has 1 fully saturated rings. The van der Waals surface area contributed by atoms with Crippen LogP contribution in [0, 0.1) is 13.8 Å². The summed E-state index contributed by atoms with van der Waals surface area (Å²) in [6.45, 7) is 6.92. The molecule has 0 bridgehead atoms. The van der Waals surface area contributed by atoms with Crippen molar-refractivity contribution in [2.75, 3.05) is 6.54 Å². The fourth-order valence-corrected chi connectivity index (χ4v) is 5.62. The highest BCUT2D eigenvalue weighted by atomic mass is 32.2. The summed E-state index contributed by atoms with van der Waals surface area (Å²) in [6, 6.07) is 6.20. The minimum Gasteiger partial charge on any atom is -0.313 e. The van der Waals surface area contributed by atoms with Crippen LogP contribution in [-0.2, 0) is 15.6 Å². The van der Waals surface area contributed by atoms with E-state index in [2.05, 4.69) is 11.4 Å². The smallest absolute Gasteiger partial charge is 0.158 e. The first kappa shape index (κ1) is 16.5. The van der Waals surface area contributed by atoms with Gasteiger partial charge in [-0.05, 0) is 38.8 Å². The van der Waals surface area contributed by atoms with Gasteiger partial charge in [0, 0.05) is 6.04 Å². The van der Waals surface area contributed by atoms with E-state index in [1.807, 2.05) is 32.9 Å². The number of benzene rings is 1. The summed E-state index contributed by atoms with van der Waals surface area (Å²) in [6.07, 6.45) is 3.93. The fourth-order valence-electron chi connectivity index (χ4n) is 3.51. The lowest BCUT2D eigenvalue weighted by molar-refractivity contribution is 0.376. The second-order valence-electron chi connectivity index (χ2n) is 6.29. The highest BCUT2D eigenvalue weighted by Crippen LogP contribution is 2.27. The van der Waals surface area contributed by atoms with E-state index in [-0.39, 0.29) is 17.0 Å². The highest BCUT2D eigenvalue weighted by molar-refractivity contribution is 7.91. The summed E-state index contributed by atoms with van der Waals surface area (Å²) in [5.74, 6) is 0.169. The van der Waals surface area contributed by atoms with E-state index in [0.29, 0.717) is 0 Å². The zero-order valence-electron chi connectivity index (χ0n) is 13.4. The Morgan fingerprint density at radius 1 is 1.10 bits per heavy atom. The first-order chi connectivity index (χ1) is 9.92. The fraction of sp³-hybridized carbons (Fsp3) is 0.647. The summed E-state index contributed by atoms with van der Waals surface area (Å²) in [7, 11) is -3.10. The van der Waals surface area contributed by atoms with E-state index >= 15 is 0 Å². The van der Waals surface area contributed by atoms with Crippen molar-refractivity contribution in [2.24, 2.45) is 0 Å². The topological polar surface area (TPSA) is 46.2 Å². The molecule has 0 radical (unpaired) electrons. The molecule has 1 saturated carbocycles. The van der Waals surface area contributed by atoms with Gasteiger partial charge in [-0.3, -0.25) is 0 Å². The van der Waals surface area contributed by atoms with Gasteiger partial charge in [0.15, 0.2) is 9.84 Å². The van der Waals surface area contributed by atoms with Crippen molar-refractivity contribution < 1.29 is 8.42 Å². The van der Waals surface area contributed by atoms with Gasteiger partial charge in [-0.15, -0.1) is 0 Å². The normalized spacial score (nSPS) is 23.2. The minimum atomic E-state index is -3.10. The van der Waals surface area contributed by atoms with Crippen LogP contribution in [0.1, 0.15) is 49.3 Å². The predicted octanol–water partition coefficient (Wildman–Crippen LogP) is 3.14. The Balaban J connectivity index is 2.19. The van der Waals surface area contributed by atoms with Crippen LogP contribution in [0.3, 0.4) is 0 Å². The van der Waals surface area contributed by atoms with Crippen molar-refractivity contribution in [3.8, 4) is 0 Å². The molecule has 0 spiro atoms. The lowest BCUT2D eigenvalue weighted by Gasteiger charge is -2.31. The molecule has 0 heterocycles. The van der Waals surface area contributed by atoms with Gasteiger partial charge in [-0.25, -0.2) is 8.42 Å². The largest absolute Gasteiger partial charge is 0.313 e. The molecule has 0 aromatic heterocycles. The average molecular weight is 309 g/mol. The second kappa shape index (κ2) is 6.93. The quantitative estimate of drug-likeness (QED) is 0.909. The third-order valence-electron chi connectivity index (χ3n) is 4.28. The lowest BCUT2D eigenvalue weighted by Crippen LogP contribution is -2.46. The lowest BCUT2D eigenvalue weighted by atomic mass is 9.95. The van der Waals surface area contributed by atoms with Crippen LogP contribution in [-0.4, -0.2) is 26.3 Å². The van der Waals surface area contributed by atoms with Crippen LogP contribution in [0.5, 0.6) is 0 Å². The highest BCUT2D eigenvalue weighted by Gasteiger charge is 2.34. The Kier molecular flexibility index (Phi) is 5.44. The van der Waals surface area contributed by atoms with Gasteiger partial charge in [0.05, 0.1) is 11.0 Å². The first-order valence-electron chi connectivity index (χ1n) is 7.94. The van der Waals surface area contributed by atoms with Crippen molar-refractivity contribution in [1.82, 2.24) is 5.32 Å². The van der Waals surface area contributed by atoms with Gasteiger partial charge >= 0.3 is 0 Å².